The fourth-order valence-corrected chi connectivity index (χ4v) is 4.59. The average molecular weight is 484 g/mol. The Labute approximate surface area is 202 Å². The number of carbonyl (C=O) groups excluding carboxylic acids is 1. The van der Waals surface area contributed by atoms with E-state index in [0.717, 1.165) is 17.7 Å². The molecule has 0 aliphatic carbocycles. The standard InChI is InChI=1S/C24H26ClN5O2S/c1-4-13-33-24-28-23-26-15(3)20(21(30(23)29-24)16-9-8-10-17(25)14-16)22(31)27-18-11-6-7-12-19(18)32-5-2/h6-12,14,21H,4-5,13H2,1-3H3,(H,27,31)(H,26,28,29). The van der Waals surface area contributed by atoms with Gasteiger partial charge in [-0.2, -0.15) is 4.98 Å². The molecule has 1 atom stereocenters. The van der Waals surface area contributed by atoms with Gasteiger partial charge in [-0.25, -0.2) is 4.68 Å². The van der Waals surface area contributed by atoms with E-state index in [1.807, 2.05) is 62.4 Å². The van der Waals surface area contributed by atoms with E-state index in [9.17, 15) is 4.79 Å². The number of amides is 1. The number of halogens is 1. The van der Waals surface area contributed by atoms with Crippen LogP contribution in [0.15, 0.2) is 65.0 Å². The highest BCUT2D eigenvalue weighted by atomic mass is 35.5. The van der Waals surface area contributed by atoms with Gasteiger partial charge in [0, 0.05) is 16.5 Å². The van der Waals surface area contributed by atoms with Crippen molar-refractivity contribution < 1.29 is 9.53 Å². The number of nitrogens with zero attached hydrogens (tertiary/aromatic N) is 3. The van der Waals surface area contributed by atoms with Crippen LogP contribution in [-0.4, -0.2) is 33.0 Å². The maximum atomic E-state index is 13.6. The van der Waals surface area contributed by atoms with Gasteiger partial charge in [0.15, 0.2) is 0 Å². The first-order chi connectivity index (χ1) is 16.0. The molecule has 1 aromatic heterocycles. The van der Waals surface area contributed by atoms with Gasteiger partial charge in [0.2, 0.25) is 11.1 Å². The monoisotopic (exact) mass is 483 g/mol. The molecule has 7 nitrogen and oxygen atoms in total. The molecule has 3 aromatic rings. The molecule has 4 rings (SSSR count). The Balaban J connectivity index is 1.75. The first kappa shape index (κ1) is 23.2. The van der Waals surface area contributed by atoms with Crippen LogP contribution < -0.4 is 15.4 Å². The van der Waals surface area contributed by atoms with E-state index in [4.69, 9.17) is 21.4 Å². The van der Waals surface area contributed by atoms with Crippen molar-refractivity contribution in [2.45, 2.75) is 38.4 Å². The number of rotatable bonds is 8. The summed E-state index contributed by atoms with van der Waals surface area (Å²) in [6.07, 6.45) is 1.02. The second-order valence-corrected chi connectivity index (χ2v) is 9.01. The van der Waals surface area contributed by atoms with E-state index in [2.05, 4.69) is 22.5 Å². The predicted octanol–water partition coefficient (Wildman–Crippen LogP) is 5.76. The van der Waals surface area contributed by atoms with Gasteiger partial charge in [0.25, 0.3) is 5.91 Å². The summed E-state index contributed by atoms with van der Waals surface area (Å²) in [5.74, 6) is 1.89. The highest BCUT2D eigenvalue weighted by Gasteiger charge is 2.34. The van der Waals surface area contributed by atoms with Gasteiger partial charge < -0.3 is 15.4 Å². The molecule has 0 radical (unpaired) electrons. The lowest BCUT2D eigenvalue weighted by molar-refractivity contribution is -0.113. The topological polar surface area (TPSA) is 81.1 Å². The van der Waals surface area contributed by atoms with E-state index in [0.29, 0.717) is 45.4 Å². The van der Waals surface area contributed by atoms with Crippen molar-refractivity contribution in [1.82, 2.24) is 14.8 Å². The molecule has 1 amide bonds. The van der Waals surface area contributed by atoms with Crippen molar-refractivity contribution in [2.75, 3.05) is 23.0 Å². The second kappa shape index (κ2) is 10.3. The molecule has 0 fully saturated rings. The average Bonchev–Trinajstić information content (AvgIpc) is 3.20. The third kappa shape index (κ3) is 5.02. The molecule has 0 bridgehead atoms. The number of para-hydroxylation sites is 2. The van der Waals surface area contributed by atoms with Crippen molar-refractivity contribution >= 4 is 40.9 Å². The van der Waals surface area contributed by atoms with Crippen molar-refractivity contribution in [1.29, 1.82) is 0 Å². The summed E-state index contributed by atoms with van der Waals surface area (Å²) in [7, 11) is 0. The zero-order valence-electron chi connectivity index (χ0n) is 18.8. The largest absolute Gasteiger partial charge is 0.492 e. The van der Waals surface area contributed by atoms with E-state index in [-0.39, 0.29) is 5.91 Å². The molecule has 1 aliphatic heterocycles. The molecule has 172 valence electrons. The van der Waals surface area contributed by atoms with Gasteiger partial charge in [-0.1, -0.05) is 54.6 Å². The summed E-state index contributed by atoms with van der Waals surface area (Å²) >= 11 is 7.91. The first-order valence-corrected chi connectivity index (χ1v) is 12.2. The van der Waals surface area contributed by atoms with Crippen molar-refractivity contribution in [3.05, 3.63) is 70.4 Å². The highest BCUT2D eigenvalue weighted by Crippen LogP contribution is 2.38. The lowest BCUT2D eigenvalue weighted by Gasteiger charge is -2.29. The van der Waals surface area contributed by atoms with E-state index in [1.54, 1.807) is 16.4 Å². The molecule has 0 spiro atoms. The van der Waals surface area contributed by atoms with Gasteiger partial charge in [-0.3, -0.25) is 4.79 Å². The van der Waals surface area contributed by atoms with Crippen molar-refractivity contribution in [3.8, 4) is 5.75 Å². The fourth-order valence-electron chi connectivity index (χ4n) is 3.71. The normalized spacial score (nSPS) is 15.1. The smallest absolute Gasteiger partial charge is 0.255 e. The number of allylic oxidation sites excluding steroid dienone is 1. The van der Waals surface area contributed by atoms with Crippen molar-refractivity contribution in [3.63, 3.8) is 0 Å². The molecule has 2 heterocycles. The van der Waals surface area contributed by atoms with Crippen LogP contribution in [0.25, 0.3) is 0 Å². The number of thioether (sulfide) groups is 1. The summed E-state index contributed by atoms with van der Waals surface area (Å²) in [6.45, 7) is 6.40. The Bertz CT molecular complexity index is 1190. The summed E-state index contributed by atoms with van der Waals surface area (Å²) in [6, 6.07) is 14.4. The molecule has 2 N–H and O–H groups in total. The summed E-state index contributed by atoms with van der Waals surface area (Å²) in [5.41, 5.74) is 2.70. The number of fused-ring (bicyclic) bond motifs is 1. The van der Waals surface area contributed by atoms with E-state index >= 15 is 0 Å². The molecular weight excluding hydrogens is 458 g/mol. The lowest BCUT2D eigenvalue weighted by Crippen LogP contribution is -2.31. The fraction of sp³-hybridized carbons (Fsp3) is 0.292. The van der Waals surface area contributed by atoms with Gasteiger partial charge >= 0.3 is 0 Å². The SMILES string of the molecule is CCCSc1nc2n(n1)C(c1cccc(Cl)c1)C(C(=O)Nc1ccccc1OCC)=C(C)N2. The molecule has 2 aromatic carbocycles. The zero-order chi connectivity index (χ0) is 23.4. The Hall–Kier alpha value is -2.97. The molecular formula is C24H26ClN5O2S. The second-order valence-electron chi connectivity index (χ2n) is 7.52. The molecule has 0 saturated carbocycles. The van der Waals surface area contributed by atoms with Gasteiger partial charge in [-0.05, 0) is 50.1 Å². The Morgan fingerprint density at radius 3 is 2.82 bits per heavy atom. The molecule has 1 aliphatic rings. The minimum Gasteiger partial charge on any atom is -0.492 e. The summed E-state index contributed by atoms with van der Waals surface area (Å²) < 4.78 is 7.45. The number of anilines is 2. The quantitative estimate of drug-likeness (QED) is 0.396. The maximum absolute atomic E-state index is 13.6. The van der Waals surface area contributed by atoms with Crippen LogP contribution in [0.2, 0.25) is 5.02 Å². The van der Waals surface area contributed by atoms with Gasteiger partial charge in [0.1, 0.15) is 11.8 Å². The lowest BCUT2D eigenvalue weighted by atomic mass is 9.95. The van der Waals surface area contributed by atoms with Crippen LogP contribution >= 0.6 is 23.4 Å². The van der Waals surface area contributed by atoms with E-state index in [1.165, 1.54) is 0 Å². The third-order valence-corrected chi connectivity index (χ3v) is 6.39. The van der Waals surface area contributed by atoms with Crippen molar-refractivity contribution in [2.24, 2.45) is 0 Å². The Kier molecular flexibility index (Phi) is 7.25. The predicted molar refractivity (Wildman–Crippen MR) is 133 cm³/mol. The molecule has 33 heavy (non-hydrogen) atoms. The number of ether oxygens (including phenoxy) is 1. The van der Waals surface area contributed by atoms with Crippen LogP contribution in [0, 0.1) is 0 Å². The van der Waals surface area contributed by atoms with Crippen LogP contribution in [0.4, 0.5) is 11.6 Å². The third-order valence-electron chi connectivity index (χ3n) is 5.11. The number of nitrogens with one attached hydrogen (secondary N) is 2. The molecule has 0 saturated heterocycles. The van der Waals surface area contributed by atoms with E-state index < -0.39 is 6.04 Å². The number of benzene rings is 2. The molecule has 1 unspecified atom stereocenters. The number of carbonyl (C=O) groups is 1. The maximum Gasteiger partial charge on any atom is 0.255 e. The summed E-state index contributed by atoms with van der Waals surface area (Å²) in [5, 5.41) is 12.3. The molecule has 9 heteroatoms. The number of aromatic nitrogens is 3. The van der Waals surface area contributed by atoms with Crippen LogP contribution in [0.1, 0.15) is 38.8 Å². The van der Waals surface area contributed by atoms with Crippen LogP contribution in [-0.2, 0) is 4.79 Å². The Morgan fingerprint density at radius 1 is 1.24 bits per heavy atom. The summed E-state index contributed by atoms with van der Waals surface area (Å²) in [4.78, 5) is 18.3. The zero-order valence-corrected chi connectivity index (χ0v) is 20.3. The first-order valence-electron chi connectivity index (χ1n) is 10.9. The minimum absolute atomic E-state index is 0.249. The number of hydrogen-bond donors (Lipinski definition) is 2. The van der Waals surface area contributed by atoms with Crippen LogP contribution in [0.3, 0.4) is 0 Å². The minimum atomic E-state index is -0.484. The van der Waals surface area contributed by atoms with Gasteiger partial charge in [0.05, 0.1) is 17.9 Å². The highest BCUT2D eigenvalue weighted by molar-refractivity contribution is 7.99. The number of hydrogen-bond acceptors (Lipinski definition) is 6. The van der Waals surface area contributed by atoms with Crippen LogP contribution in [0.5, 0.6) is 5.75 Å². The Morgan fingerprint density at radius 2 is 2.06 bits per heavy atom. The van der Waals surface area contributed by atoms with Gasteiger partial charge in [-0.15, -0.1) is 5.10 Å².